The van der Waals surface area contributed by atoms with E-state index in [1.54, 1.807) is 7.11 Å². The number of ether oxygens (including phenoxy) is 2. The van der Waals surface area contributed by atoms with Gasteiger partial charge in [-0.3, -0.25) is 0 Å². The zero-order valence-electron chi connectivity index (χ0n) is 11.1. The van der Waals surface area contributed by atoms with Gasteiger partial charge < -0.3 is 19.4 Å². The zero-order chi connectivity index (χ0) is 13.0. The minimum atomic E-state index is -0.223. The molecule has 0 radical (unpaired) electrons. The summed E-state index contributed by atoms with van der Waals surface area (Å²) in [5.41, 5.74) is 0.771. The Morgan fingerprint density at radius 1 is 1.72 bits per heavy atom. The quantitative estimate of drug-likeness (QED) is 0.780. The molecule has 0 aliphatic carbocycles. The molecular formula is C13H21N3O2. The normalized spacial score (nSPS) is 23.2. The Morgan fingerprint density at radius 3 is 3.17 bits per heavy atom. The van der Waals surface area contributed by atoms with E-state index in [2.05, 4.69) is 16.9 Å². The van der Waals surface area contributed by atoms with E-state index >= 15 is 0 Å². The SMILES string of the molecule is C=CCn1cc(C)nc1NCC1(OC)CCOC1. The van der Waals surface area contributed by atoms with E-state index in [0.29, 0.717) is 13.2 Å². The molecule has 1 aliphatic rings. The molecule has 0 aromatic carbocycles. The van der Waals surface area contributed by atoms with Crippen LogP contribution in [0.3, 0.4) is 0 Å². The predicted octanol–water partition coefficient (Wildman–Crippen LogP) is 1.59. The Kier molecular flexibility index (Phi) is 4.04. The Morgan fingerprint density at radius 2 is 2.56 bits per heavy atom. The van der Waals surface area contributed by atoms with E-state index in [1.165, 1.54) is 0 Å². The first-order valence-corrected chi connectivity index (χ1v) is 6.20. The van der Waals surface area contributed by atoms with Crippen molar-refractivity contribution >= 4 is 5.95 Å². The van der Waals surface area contributed by atoms with Crippen LogP contribution in [0.4, 0.5) is 5.95 Å². The third-order valence-electron chi connectivity index (χ3n) is 3.29. The summed E-state index contributed by atoms with van der Waals surface area (Å²) in [6, 6.07) is 0. The maximum absolute atomic E-state index is 5.58. The van der Waals surface area contributed by atoms with Gasteiger partial charge in [-0.05, 0) is 6.92 Å². The highest BCUT2D eigenvalue weighted by molar-refractivity contribution is 5.30. The van der Waals surface area contributed by atoms with Crippen LogP contribution in [0, 0.1) is 6.92 Å². The van der Waals surface area contributed by atoms with Gasteiger partial charge in [-0.25, -0.2) is 4.98 Å². The number of hydrogen-bond donors (Lipinski definition) is 1. The molecule has 18 heavy (non-hydrogen) atoms. The van der Waals surface area contributed by atoms with Gasteiger partial charge in [0.05, 0.1) is 12.3 Å². The number of nitrogens with one attached hydrogen (secondary N) is 1. The average molecular weight is 251 g/mol. The predicted molar refractivity (Wildman–Crippen MR) is 70.8 cm³/mol. The fourth-order valence-electron chi connectivity index (χ4n) is 2.17. The van der Waals surface area contributed by atoms with Crippen LogP contribution in [0.5, 0.6) is 0 Å². The minimum Gasteiger partial charge on any atom is -0.378 e. The van der Waals surface area contributed by atoms with E-state index in [4.69, 9.17) is 9.47 Å². The van der Waals surface area contributed by atoms with Gasteiger partial charge in [0.15, 0.2) is 0 Å². The number of nitrogens with zero attached hydrogens (tertiary/aromatic N) is 2. The number of rotatable bonds is 6. The second-order valence-corrected chi connectivity index (χ2v) is 4.69. The number of anilines is 1. The van der Waals surface area contributed by atoms with E-state index in [0.717, 1.165) is 31.2 Å². The van der Waals surface area contributed by atoms with E-state index < -0.39 is 0 Å². The molecular weight excluding hydrogens is 230 g/mol. The van der Waals surface area contributed by atoms with E-state index in [-0.39, 0.29) is 5.60 Å². The molecule has 1 unspecified atom stereocenters. The second-order valence-electron chi connectivity index (χ2n) is 4.69. The highest BCUT2D eigenvalue weighted by Crippen LogP contribution is 2.23. The van der Waals surface area contributed by atoms with Crippen LogP contribution in [0.2, 0.25) is 0 Å². The van der Waals surface area contributed by atoms with E-state index in [9.17, 15) is 0 Å². The molecule has 1 aliphatic heterocycles. The first-order valence-electron chi connectivity index (χ1n) is 6.20. The molecule has 2 rings (SSSR count). The molecule has 0 bridgehead atoms. The number of hydrogen-bond acceptors (Lipinski definition) is 4. The van der Waals surface area contributed by atoms with Crippen molar-refractivity contribution in [2.75, 3.05) is 32.2 Å². The standard InChI is InChI=1S/C13H21N3O2/c1-4-6-16-8-11(2)15-12(16)14-9-13(17-3)5-7-18-10-13/h4,8H,1,5-7,9-10H2,2-3H3,(H,14,15). The lowest BCUT2D eigenvalue weighted by atomic mass is 10.0. The van der Waals surface area contributed by atoms with Crippen molar-refractivity contribution in [2.24, 2.45) is 0 Å². The van der Waals surface area contributed by atoms with Crippen molar-refractivity contribution in [3.05, 3.63) is 24.5 Å². The third-order valence-corrected chi connectivity index (χ3v) is 3.29. The van der Waals surface area contributed by atoms with Crippen LogP contribution in [0.15, 0.2) is 18.9 Å². The Hall–Kier alpha value is -1.33. The number of imidazole rings is 1. The van der Waals surface area contributed by atoms with Crippen LogP contribution < -0.4 is 5.32 Å². The topological polar surface area (TPSA) is 48.3 Å². The lowest BCUT2D eigenvalue weighted by Gasteiger charge is -2.26. The first kappa shape index (κ1) is 13.1. The highest BCUT2D eigenvalue weighted by atomic mass is 16.5. The smallest absolute Gasteiger partial charge is 0.203 e. The zero-order valence-corrected chi connectivity index (χ0v) is 11.1. The summed E-state index contributed by atoms with van der Waals surface area (Å²) < 4.78 is 13.0. The Bertz CT molecular complexity index is 408. The van der Waals surface area contributed by atoms with Crippen LogP contribution >= 0.6 is 0 Å². The van der Waals surface area contributed by atoms with Crippen LogP contribution in [-0.2, 0) is 16.0 Å². The second kappa shape index (κ2) is 5.54. The fourth-order valence-corrected chi connectivity index (χ4v) is 2.17. The molecule has 1 aromatic rings. The first-order chi connectivity index (χ1) is 8.69. The molecule has 100 valence electrons. The van der Waals surface area contributed by atoms with Gasteiger partial charge >= 0.3 is 0 Å². The average Bonchev–Trinajstić information content (AvgIpc) is 2.95. The van der Waals surface area contributed by atoms with Gasteiger partial charge in [-0.1, -0.05) is 6.08 Å². The Balaban J connectivity index is 2.02. The molecule has 1 saturated heterocycles. The van der Waals surface area contributed by atoms with Crippen molar-refractivity contribution in [1.82, 2.24) is 9.55 Å². The summed E-state index contributed by atoms with van der Waals surface area (Å²) in [4.78, 5) is 4.46. The van der Waals surface area contributed by atoms with Crippen molar-refractivity contribution in [3.8, 4) is 0 Å². The lowest BCUT2D eigenvalue weighted by molar-refractivity contribution is -0.00634. The largest absolute Gasteiger partial charge is 0.378 e. The third kappa shape index (κ3) is 2.73. The molecule has 1 atom stereocenters. The van der Waals surface area contributed by atoms with Gasteiger partial charge in [0.1, 0.15) is 5.60 Å². The molecule has 0 saturated carbocycles. The molecule has 5 heteroatoms. The summed E-state index contributed by atoms with van der Waals surface area (Å²) in [7, 11) is 1.73. The molecule has 1 fully saturated rings. The fraction of sp³-hybridized carbons (Fsp3) is 0.615. The lowest BCUT2D eigenvalue weighted by Crippen LogP contribution is -2.40. The van der Waals surface area contributed by atoms with Crippen LogP contribution in [-0.4, -0.2) is 42.0 Å². The van der Waals surface area contributed by atoms with Crippen molar-refractivity contribution in [3.63, 3.8) is 0 Å². The molecule has 1 aromatic heterocycles. The monoisotopic (exact) mass is 251 g/mol. The van der Waals surface area contributed by atoms with E-state index in [1.807, 2.05) is 23.8 Å². The van der Waals surface area contributed by atoms with Gasteiger partial charge in [0, 0.05) is 39.4 Å². The highest BCUT2D eigenvalue weighted by Gasteiger charge is 2.35. The number of allylic oxidation sites excluding steroid dienone is 1. The van der Waals surface area contributed by atoms with Crippen molar-refractivity contribution < 1.29 is 9.47 Å². The molecule has 2 heterocycles. The summed E-state index contributed by atoms with van der Waals surface area (Å²) in [6.07, 6.45) is 4.78. The number of aromatic nitrogens is 2. The summed E-state index contributed by atoms with van der Waals surface area (Å²) in [6.45, 7) is 8.59. The number of methoxy groups -OCH3 is 1. The van der Waals surface area contributed by atoms with Crippen LogP contribution in [0.1, 0.15) is 12.1 Å². The van der Waals surface area contributed by atoms with Gasteiger partial charge in [0.25, 0.3) is 0 Å². The van der Waals surface area contributed by atoms with Gasteiger partial charge in [-0.2, -0.15) is 0 Å². The maximum Gasteiger partial charge on any atom is 0.203 e. The number of aryl methyl sites for hydroxylation is 1. The van der Waals surface area contributed by atoms with Crippen molar-refractivity contribution in [2.45, 2.75) is 25.5 Å². The van der Waals surface area contributed by atoms with Gasteiger partial charge in [-0.15, -0.1) is 6.58 Å². The summed E-state index contributed by atoms with van der Waals surface area (Å²) >= 11 is 0. The summed E-state index contributed by atoms with van der Waals surface area (Å²) in [5, 5.41) is 3.35. The molecule has 1 N–H and O–H groups in total. The Labute approximate surface area is 108 Å². The molecule has 0 spiro atoms. The summed E-state index contributed by atoms with van der Waals surface area (Å²) in [5.74, 6) is 0.857. The van der Waals surface area contributed by atoms with Gasteiger partial charge in [0.2, 0.25) is 5.95 Å². The minimum absolute atomic E-state index is 0.223. The van der Waals surface area contributed by atoms with Crippen LogP contribution in [0.25, 0.3) is 0 Å². The maximum atomic E-state index is 5.58. The van der Waals surface area contributed by atoms with Crippen molar-refractivity contribution in [1.29, 1.82) is 0 Å². The molecule has 5 nitrogen and oxygen atoms in total. The molecule has 0 amide bonds.